The van der Waals surface area contributed by atoms with Crippen LogP contribution in [0.25, 0.3) is 33.8 Å². The minimum Gasteiger partial charge on any atom is -0.444 e. The van der Waals surface area contributed by atoms with Crippen molar-refractivity contribution in [1.82, 2.24) is 20.4 Å². The standard InChI is InChI=1S/C24H24N4O4/c1-16-2-4-17(5-3-16)24-26-20(15-31-24)22-19-14-18(6-7-21(19)32-27-22)23(29)25-8-9-28-10-12-30-13-11-28/h2-7,14-15H,8-13H2,1H3,(H,25,29). The molecule has 3 heterocycles. The first-order valence-electron chi connectivity index (χ1n) is 10.7. The predicted molar refractivity (Wildman–Crippen MR) is 119 cm³/mol. The van der Waals surface area contributed by atoms with E-state index in [1.54, 1.807) is 24.5 Å². The van der Waals surface area contributed by atoms with E-state index < -0.39 is 0 Å². The van der Waals surface area contributed by atoms with Crippen LogP contribution in [-0.4, -0.2) is 60.3 Å². The first-order chi connectivity index (χ1) is 15.7. The van der Waals surface area contributed by atoms with Gasteiger partial charge in [0.05, 0.1) is 18.6 Å². The van der Waals surface area contributed by atoms with Crippen molar-refractivity contribution in [1.29, 1.82) is 0 Å². The van der Waals surface area contributed by atoms with Crippen LogP contribution in [0.3, 0.4) is 0 Å². The fourth-order valence-corrected chi connectivity index (χ4v) is 3.73. The van der Waals surface area contributed by atoms with Crippen LogP contribution >= 0.6 is 0 Å². The largest absolute Gasteiger partial charge is 0.444 e. The molecular formula is C24H24N4O4. The molecule has 0 radical (unpaired) electrons. The SMILES string of the molecule is Cc1ccc(-c2nc(-c3noc4ccc(C(=O)NCCN5CCOCC5)cc34)co2)cc1. The number of carbonyl (C=O) groups is 1. The van der Waals surface area contributed by atoms with Crippen LogP contribution in [0.5, 0.6) is 0 Å². The number of fused-ring (bicyclic) bond motifs is 1. The highest BCUT2D eigenvalue weighted by Crippen LogP contribution is 2.30. The Morgan fingerprint density at radius 3 is 2.75 bits per heavy atom. The van der Waals surface area contributed by atoms with Crippen molar-refractivity contribution in [2.24, 2.45) is 0 Å². The zero-order valence-electron chi connectivity index (χ0n) is 17.8. The van der Waals surface area contributed by atoms with Crippen LogP contribution in [0.15, 0.2) is 57.7 Å². The monoisotopic (exact) mass is 432 g/mol. The van der Waals surface area contributed by atoms with Crippen molar-refractivity contribution >= 4 is 16.9 Å². The van der Waals surface area contributed by atoms with Gasteiger partial charge < -0.3 is 19.0 Å². The fraction of sp³-hybridized carbons (Fsp3) is 0.292. The van der Waals surface area contributed by atoms with E-state index >= 15 is 0 Å². The number of aromatic nitrogens is 2. The lowest BCUT2D eigenvalue weighted by Crippen LogP contribution is -2.41. The minimum atomic E-state index is -0.132. The van der Waals surface area contributed by atoms with E-state index in [0.717, 1.165) is 43.8 Å². The molecule has 0 atom stereocenters. The van der Waals surface area contributed by atoms with Gasteiger partial charge in [-0.3, -0.25) is 9.69 Å². The minimum absolute atomic E-state index is 0.132. The summed E-state index contributed by atoms with van der Waals surface area (Å²) in [5, 5.41) is 7.87. The predicted octanol–water partition coefficient (Wildman–Crippen LogP) is 3.52. The maximum absolute atomic E-state index is 12.7. The Balaban J connectivity index is 1.32. The first kappa shape index (κ1) is 20.4. The van der Waals surface area contributed by atoms with Gasteiger partial charge in [-0.2, -0.15) is 0 Å². The van der Waals surface area contributed by atoms with E-state index in [4.69, 9.17) is 13.7 Å². The smallest absolute Gasteiger partial charge is 0.251 e. The second-order valence-corrected chi connectivity index (χ2v) is 7.86. The third-order valence-electron chi connectivity index (χ3n) is 5.59. The number of hydrogen-bond donors (Lipinski definition) is 1. The average Bonchev–Trinajstić information content (AvgIpc) is 3.47. The average molecular weight is 432 g/mol. The summed E-state index contributed by atoms with van der Waals surface area (Å²) in [5.74, 6) is 0.376. The highest BCUT2D eigenvalue weighted by Gasteiger charge is 2.18. The molecule has 0 aliphatic carbocycles. The molecule has 5 rings (SSSR count). The van der Waals surface area contributed by atoms with Crippen molar-refractivity contribution in [3.8, 4) is 22.8 Å². The number of nitrogens with one attached hydrogen (secondary N) is 1. The number of hydrogen-bond acceptors (Lipinski definition) is 7. The van der Waals surface area contributed by atoms with Crippen molar-refractivity contribution in [2.75, 3.05) is 39.4 Å². The number of rotatable bonds is 6. The van der Waals surface area contributed by atoms with Crippen LogP contribution in [0, 0.1) is 6.92 Å². The molecule has 2 aromatic heterocycles. The summed E-state index contributed by atoms with van der Waals surface area (Å²) in [7, 11) is 0. The molecular weight excluding hydrogens is 408 g/mol. The molecule has 0 saturated carbocycles. The molecule has 2 aromatic carbocycles. The van der Waals surface area contributed by atoms with Crippen LogP contribution in [0.1, 0.15) is 15.9 Å². The van der Waals surface area contributed by atoms with Gasteiger partial charge in [0.25, 0.3) is 5.91 Å². The normalized spacial score (nSPS) is 14.7. The molecule has 1 saturated heterocycles. The molecule has 4 aromatic rings. The van der Waals surface area contributed by atoms with Gasteiger partial charge in [0.2, 0.25) is 5.89 Å². The Hall–Kier alpha value is -3.49. The lowest BCUT2D eigenvalue weighted by atomic mass is 10.1. The number of carbonyl (C=O) groups excluding carboxylic acids is 1. The maximum Gasteiger partial charge on any atom is 0.251 e. The summed E-state index contributed by atoms with van der Waals surface area (Å²) < 4.78 is 16.5. The number of ether oxygens (including phenoxy) is 1. The summed E-state index contributed by atoms with van der Waals surface area (Å²) in [4.78, 5) is 19.5. The van der Waals surface area contributed by atoms with Gasteiger partial charge in [0.15, 0.2) is 5.58 Å². The van der Waals surface area contributed by atoms with E-state index in [-0.39, 0.29) is 5.91 Å². The Morgan fingerprint density at radius 2 is 1.94 bits per heavy atom. The van der Waals surface area contributed by atoms with E-state index in [1.165, 1.54) is 5.56 Å². The van der Waals surface area contributed by atoms with E-state index in [9.17, 15) is 4.79 Å². The molecule has 0 bridgehead atoms. The van der Waals surface area contributed by atoms with Crippen molar-refractivity contribution in [3.05, 3.63) is 59.9 Å². The van der Waals surface area contributed by atoms with Gasteiger partial charge in [0, 0.05) is 37.3 Å². The molecule has 0 unspecified atom stereocenters. The Kier molecular flexibility index (Phi) is 5.70. The Labute approximate surface area is 185 Å². The summed E-state index contributed by atoms with van der Waals surface area (Å²) in [6, 6.07) is 13.2. The molecule has 1 aliphatic heterocycles. The number of amides is 1. The van der Waals surface area contributed by atoms with Crippen LogP contribution in [0.4, 0.5) is 0 Å². The van der Waals surface area contributed by atoms with Gasteiger partial charge in [-0.25, -0.2) is 4.98 Å². The highest BCUT2D eigenvalue weighted by atomic mass is 16.5. The van der Waals surface area contributed by atoms with Gasteiger partial charge in [-0.05, 0) is 37.3 Å². The van der Waals surface area contributed by atoms with Gasteiger partial charge in [-0.15, -0.1) is 0 Å². The number of morpholine rings is 1. The second-order valence-electron chi connectivity index (χ2n) is 7.86. The second kappa shape index (κ2) is 8.94. The van der Waals surface area contributed by atoms with Gasteiger partial charge in [-0.1, -0.05) is 22.9 Å². The number of aryl methyl sites for hydroxylation is 1. The molecule has 8 heteroatoms. The molecule has 1 aliphatic rings. The van der Waals surface area contributed by atoms with Crippen LogP contribution in [0.2, 0.25) is 0 Å². The van der Waals surface area contributed by atoms with Gasteiger partial charge in [0.1, 0.15) is 17.7 Å². The quantitative estimate of drug-likeness (QED) is 0.498. The molecule has 8 nitrogen and oxygen atoms in total. The highest BCUT2D eigenvalue weighted by molar-refractivity contribution is 6.00. The van der Waals surface area contributed by atoms with E-state index in [1.807, 2.05) is 31.2 Å². The number of benzene rings is 2. The topological polar surface area (TPSA) is 93.6 Å². The number of nitrogens with zero attached hydrogens (tertiary/aromatic N) is 3. The summed E-state index contributed by atoms with van der Waals surface area (Å²) in [6.07, 6.45) is 1.56. The van der Waals surface area contributed by atoms with Crippen molar-refractivity contribution in [3.63, 3.8) is 0 Å². The van der Waals surface area contributed by atoms with E-state index in [0.29, 0.717) is 35.0 Å². The Bertz CT molecular complexity index is 1220. The number of oxazole rings is 1. The first-order valence-corrected chi connectivity index (χ1v) is 10.7. The molecule has 1 amide bonds. The van der Waals surface area contributed by atoms with Crippen LogP contribution in [-0.2, 0) is 4.74 Å². The molecule has 32 heavy (non-hydrogen) atoms. The molecule has 0 spiro atoms. The summed E-state index contributed by atoms with van der Waals surface area (Å²) >= 11 is 0. The molecule has 1 N–H and O–H groups in total. The maximum atomic E-state index is 12.7. The lowest BCUT2D eigenvalue weighted by molar-refractivity contribution is 0.0383. The van der Waals surface area contributed by atoms with Gasteiger partial charge >= 0.3 is 0 Å². The van der Waals surface area contributed by atoms with Crippen molar-refractivity contribution < 1.29 is 18.5 Å². The molecule has 1 fully saturated rings. The fourth-order valence-electron chi connectivity index (χ4n) is 3.73. The van der Waals surface area contributed by atoms with Crippen molar-refractivity contribution in [2.45, 2.75) is 6.92 Å². The summed E-state index contributed by atoms with van der Waals surface area (Å²) in [6.45, 7) is 6.70. The third kappa shape index (κ3) is 4.28. The third-order valence-corrected chi connectivity index (χ3v) is 5.59. The lowest BCUT2D eigenvalue weighted by Gasteiger charge is -2.26. The Morgan fingerprint density at radius 1 is 1.12 bits per heavy atom. The zero-order valence-corrected chi connectivity index (χ0v) is 17.8. The van der Waals surface area contributed by atoms with E-state index in [2.05, 4.69) is 20.4 Å². The summed E-state index contributed by atoms with van der Waals surface area (Å²) in [5.41, 5.74) is 4.29. The zero-order chi connectivity index (χ0) is 21.9. The molecule has 164 valence electrons. The van der Waals surface area contributed by atoms with Crippen LogP contribution < -0.4 is 5.32 Å².